The highest BCUT2D eigenvalue weighted by Crippen LogP contribution is 2.41. The van der Waals surface area contributed by atoms with Gasteiger partial charge in [-0.05, 0) is 37.0 Å². The fraction of sp³-hybridized carbons (Fsp3) is 0.524. The maximum absolute atomic E-state index is 12.8. The zero-order valence-electron chi connectivity index (χ0n) is 16.7. The smallest absolute Gasteiger partial charge is 0.290 e. The number of aliphatic hydroxyl groups is 1. The molecule has 0 saturated carbocycles. The summed E-state index contributed by atoms with van der Waals surface area (Å²) >= 11 is 0. The molecule has 0 aromatic heterocycles. The maximum atomic E-state index is 12.8. The predicted octanol–water partition coefficient (Wildman–Crippen LogP) is 3.81. The Bertz CT molecular complexity index is 738. The molecule has 1 atom stereocenters. The minimum Gasteiger partial charge on any atom is -0.503 e. The van der Waals surface area contributed by atoms with Gasteiger partial charge in [-0.1, -0.05) is 26.8 Å². The second kappa shape index (κ2) is 8.93. The number of nitrogens with zero attached hydrogens (tertiary/aromatic N) is 1. The maximum Gasteiger partial charge on any atom is 0.290 e. The number of hydrogen-bond acceptors (Lipinski definition) is 5. The molecule has 6 heteroatoms. The van der Waals surface area contributed by atoms with E-state index in [-0.39, 0.29) is 23.7 Å². The van der Waals surface area contributed by atoms with Crippen LogP contribution in [0.4, 0.5) is 0 Å². The summed E-state index contributed by atoms with van der Waals surface area (Å²) < 4.78 is 11.0. The molecule has 1 amide bonds. The summed E-state index contributed by atoms with van der Waals surface area (Å²) in [7, 11) is 1.55. The largest absolute Gasteiger partial charge is 0.503 e. The lowest BCUT2D eigenvalue weighted by Crippen LogP contribution is -2.32. The van der Waals surface area contributed by atoms with Crippen LogP contribution in [0.5, 0.6) is 11.5 Å². The van der Waals surface area contributed by atoms with Crippen LogP contribution in [0.3, 0.4) is 0 Å². The third-order valence-electron chi connectivity index (χ3n) is 4.47. The number of carbonyl (C=O) groups is 2. The molecule has 1 unspecified atom stereocenters. The molecule has 1 heterocycles. The van der Waals surface area contributed by atoms with Crippen molar-refractivity contribution in [2.45, 2.75) is 46.6 Å². The van der Waals surface area contributed by atoms with Gasteiger partial charge in [-0.25, -0.2) is 0 Å². The summed E-state index contributed by atoms with van der Waals surface area (Å²) in [4.78, 5) is 27.0. The number of benzene rings is 1. The van der Waals surface area contributed by atoms with Crippen molar-refractivity contribution < 1.29 is 24.2 Å². The molecular formula is C21H29NO5. The van der Waals surface area contributed by atoms with Crippen molar-refractivity contribution in [2.24, 2.45) is 5.92 Å². The van der Waals surface area contributed by atoms with Crippen LogP contribution in [0.1, 0.15) is 52.1 Å². The lowest BCUT2D eigenvalue weighted by Gasteiger charge is -2.27. The lowest BCUT2D eigenvalue weighted by molar-refractivity contribution is -0.129. The van der Waals surface area contributed by atoms with Gasteiger partial charge in [0.25, 0.3) is 5.91 Å². The average Bonchev–Trinajstić information content (AvgIpc) is 2.87. The van der Waals surface area contributed by atoms with Crippen molar-refractivity contribution in [2.75, 3.05) is 20.3 Å². The third-order valence-corrected chi connectivity index (χ3v) is 4.47. The Kier molecular flexibility index (Phi) is 6.88. The van der Waals surface area contributed by atoms with Gasteiger partial charge in [0.05, 0.1) is 25.3 Å². The molecule has 0 aliphatic carbocycles. The van der Waals surface area contributed by atoms with Crippen LogP contribution in [-0.4, -0.2) is 42.0 Å². The van der Waals surface area contributed by atoms with E-state index in [1.807, 2.05) is 33.8 Å². The van der Waals surface area contributed by atoms with E-state index in [1.165, 1.54) is 0 Å². The SMILES string of the molecule is CCCN1C(=O)C(O)=C(C(=O)CC(C)C)C1c1ccc(OCC)c(OC)c1. The number of rotatable bonds is 9. The van der Waals surface area contributed by atoms with Gasteiger partial charge in [0.15, 0.2) is 23.0 Å². The van der Waals surface area contributed by atoms with Crippen LogP contribution in [0, 0.1) is 5.92 Å². The predicted molar refractivity (Wildman–Crippen MR) is 103 cm³/mol. The molecule has 1 aromatic rings. The van der Waals surface area contributed by atoms with E-state index >= 15 is 0 Å². The Hall–Kier alpha value is -2.50. The van der Waals surface area contributed by atoms with Gasteiger partial charge < -0.3 is 19.5 Å². The first-order valence-corrected chi connectivity index (χ1v) is 9.43. The minimum atomic E-state index is -0.617. The summed E-state index contributed by atoms with van der Waals surface area (Å²) in [6.07, 6.45) is 0.993. The zero-order valence-corrected chi connectivity index (χ0v) is 16.7. The number of aliphatic hydroxyl groups excluding tert-OH is 1. The first-order valence-electron chi connectivity index (χ1n) is 9.43. The van der Waals surface area contributed by atoms with E-state index < -0.39 is 17.7 Å². The standard InChI is InChI=1S/C21H29NO5/c1-6-10-22-19(14-8-9-16(27-7-2)17(12-14)26-5)18(20(24)21(22)25)15(23)11-13(3)4/h8-9,12-13,19,24H,6-7,10-11H2,1-5H3. The second-order valence-electron chi connectivity index (χ2n) is 7.03. The van der Waals surface area contributed by atoms with Crippen LogP contribution in [-0.2, 0) is 9.59 Å². The van der Waals surface area contributed by atoms with E-state index in [4.69, 9.17) is 9.47 Å². The minimum absolute atomic E-state index is 0.128. The first-order chi connectivity index (χ1) is 12.8. The molecule has 2 rings (SSSR count). The van der Waals surface area contributed by atoms with Crippen LogP contribution in [0.15, 0.2) is 29.5 Å². The van der Waals surface area contributed by atoms with Crippen LogP contribution in [0.25, 0.3) is 0 Å². The molecule has 6 nitrogen and oxygen atoms in total. The van der Waals surface area contributed by atoms with Crippen LogP contribution < -0.4 is 9.47 Å². The highest BCUT2D eigenvalue weighted by molar-refractivity contribution is 6.09. The van der Waals surface area contributed by atoms with Crippen molar-refractivity contribution in [1.82, 2.24) is 4.90 Å². The van der Waals surface area contributed by atoms with E-state index in [1.54, 1.807) is 24.1 Å². The average molecular weight is 375 g/mol. The Morgan fingerprint density at radius 1 is 1.26 bits per heavy atom. The molecule has 1 aromatic carbocycles. The van der Waals surface area contributed by atoms with Crippen molar-refractivity contribution >= 4 is 11.7 Å². The molecule has 1 aliphatic heterocycles. The topological polar surface area (TPSA) is 76.1 Å². The number of amides is 1. The molecule has 0 bridgehead atoms. The van der Waals surface area contributed by atoms with Gasteiger partial charge in [0.1, 0.15) is 0 Å². The van der Waals surface area contributed by atoms with Gasteiger partial charge in [0.2, 0.25) is 0 Å². The number of ketones is 1. The van der Waals surface area contributed by atoms with Gasteiger partial charge in [-0.3, -0.25) is 9.59 Å². The van der Waals surface area contributed by atoms with Crippen molar-refractivity contribution in [3.63, 3.8) is 0 Å². The first kappa shape index (κ1) is 20.8. The fourth-order valence-electron chi connectivity index (χ4n) is 3.37. The number of ether oxygens (including phenoxy) is 2. The molecule has 0 radical (unpaired) electrons. The van der Waals surface area contributed by atoms with Crippen molar-refractivity contribution in [1.29, 1.82) is 0 Å². The van der Waals surface area contributed by atoms with Gasteiger partial charge in [0, 0.05) is 13.0 Å². The Morgan fingerprint density at radius 2 is 1.96 bits per heavy atom. The van der Waals surface area contributed by atoms with Crippen LogP contribution in [0.2, 0.25) is 0 Å². The normalized spacial score (nSPS) is 17.0. The summed E-state index contributed by atoms with van der Waals surface area (Å²) in [6.45, 7) is 8.65. The molecule has 27 heavy (non-hydrogen) atoms. The van der Waals surface area contributed by atoms with E-state index in [0.29, 0.717) is 30.2 Å². The number of carbonyl (C=O) groups excluding carboxylic acids is 2. The molecule has 148 valence electrons. The Morgan fingerprint density at radius 3 is 2.52 bits per heavy atom. The van der Waals surface area contributed by atoms with Gasteiger partial charge in [-0.15, -0.1) is 0 Å². The van der Waals surface area contributed by atoms with E-state index in [9.17, 15) is 14.7 Å². The quantitative estimate of drug-likeness (QED) is 0.710. The third kappa shape index (κ3) is 4.26. The summed E-state index contributed by atoms with van der Waals surface area (Å²) in [6, 6.07) is 4.74. The second-order valence-corrected chi connectivity index (χ2v) is 7.03. The molecule has 0 spiro atoms. The number of Topliss-reactive ketones (excluding diaryl/α,β-unsaturated/α-hetero) is 1. The molecule has 0 saturated heterocycles. The molecule has 1 N–H and O–H groups in total. The fourth-order valence-corrected chi connectivity index (χ4v) is 3.37. The summed E-state index contributed by atoms with van der Waals surface area (Å²) in [5.41, 5.74) is 0.890. The number of hydrogen-bond donors (Lipinski definition) is 1. The lowest BCUT2D eigenvalue weighted by atomic mass is 9.92. The van der Waals surface area contributed by atoms with Crippen molar-refractivity contribution in [3.05, 3.63) is 35.1 Å². The molecule has 0 fully saturated rings. The number of methoxy groups -OCH3 is 1. The van der Waals surface area contributed by atoms with E-state index in [2.05, 4.69) is 0 Å². The van der Waals surface area contributed by atoms with Gasteiger partial charge in [-0.2, -0.15) is 0 Å². The Labute approximate surface area is 160 Å². The van der Waals surface area contributed by atoms with Crippen molar-refractivity contribution in [3.8, 4) is 11.5 Å². The Balaban J connectivity index is 2.53. The monoisotopic (exact) mass is 375 g/mol. The summed E-state index contributed by atoms with van der Waals surface area (Å²) in [5.74, 6) is 0.114. The van der Waals surface area contributed by atoms with Crippen LogP contribution >= 0.6 is 0 Å². The highest BCUT2D eigenvalue weighted by Gasteiger charge is 2.43. The molecular weight excluding hydrogens is 346 g/mol. The molecule has 1 aliphatic rings. The van der Waals surface area contributed by atoms with Gasteiger partial charge >= 0.3 is 0 Å². The zero-order chi connectivity index (χ0) is 20.1. The highest BCUT2D eigenvalue weighted by atomic mass is 16.5. The van der Waals surface area contributed by atoms with E-state index in [0.717, 1.165) is 6.42 Å². The summed E-state index contributed by atoms with van der Waals surface area (Å²) in [5, 5.41) is 10.4.